The third kappa shape index (κ3) is 4.46. The fourth-order valence-corrected chi connectivity index (χ4v) is 1.79. The quantitative estimate of drug-likeness (QED) is 0.841. The minimum Gasteiger partial charge on any atom is -0.465 e. The van der Waals surface area contributed by atoms with Crippen molar-refractivity contribution in [1.29, 1.82) is 0 Å². The van der Waals surface area contributed by atoms with E-state index in [9.17, 15) is 0 Å². The normalized spacial score (nSPS) is 16.2. The molecule has 0 spiro atoms. The molecule has 0 radical (unpaired) electrons. The van der Waals surface area contributed by atoms with E-state index in [1.807, 2.05) is 6.92 Å². The molecule has 0 aliphatic heterocycles. The van der Waals surface area contributed by atoms with Gasteiger partial charge >= 0.3 is 0 Å². The van der Waals surface area contributed by atoms with E-state index in [1.54, 1.807) is 0 Å². The maximum Gasteiger partial charge on any atom is 0.118 e. The molecule has 1 N–H and O–H groups in total. The highest BCUT2D eigenvalue weighted by molar-refractivity contribution is 5.20. The fraction of sp³-hybridized carbons (Fsp3) is 0.733. The predicted octanol–water partition coefficient (Wildman–Crippen LogP) is 3.40. The Balaban J connectivity index is 1.81. The van der Waals surface area contributed by atoms with Crippen LogP contribution in [0.15, 0.2) is 10.5 Å². The summed E-state index contributed by atoms with van der Waals surface area (Å²) in [7, 11) is 0. The standard InChI is InChI=1S/C15H25NO2/c1-11-13(10-17-9-12-5-6-12)7-14(18-11)8-16-15(2,3)4/h7,12,16H,5-6,8-10H2,1-4H3. The van der Waals surface area contributed by atoms with Crippen LogP contribution in [0.3, 0.4) is 0 Å². The molecular formula is C15H25NO2. The van der Waals surface area contributed by atoms with E-state index in [0.29, 0.717) is 6.61 Å². The van der Waals surface area contributed by atoms with E-state index in [4.69, 9.17) is 9.15 Å². The summed E-state index contributed by atoms with van der Waals surface area (Å²) in [6, 6.07) is 2.11. The molecule has 0 atom stereocenters. The molecule has 1 aromatic heterocycles. The highest BCUT2D eigenvalue weighted by atomic mass is 16.5. The first kappa shape index (κ1) is 13.6. The van der Waals surface area contributed by atoms with Gasteiger partial charge in [0.1, 0.15) is 11.5 Å². The van der Waals surface area contributed by atoms with E-state index >= 15 is 0 Å². The largest absolute Gasteiger partial charge is 0.465 e. The third-order valence-electron chi connectivity index (χ3n) is 3.17. The Bertz CT molecular complexity index is 386. The van der Waals surface area contributed by atoms with Crippen LogP contribution in [-0.4, -0.2) is 12.1 Å². The molecule has 0 bridgehead atoms. The van der Waals surface area contributed by atoms with Gasteiger partial charge in [-0.2, -0.15) is 0 Å². The van der Waals surface area contributed by atoms with Crippen molar-refractivity contribution >= 4 is 0 Å². The predicted molar refractivity (Wildman–Crippen MR) is 72.4 cm³/mol. The molecule has 0 aromatic carbocycles. The molecular weight excluding hydrogens is 226 g/mol. The molecule has 1 saturated carbocycles. The summed E-state index contributed by atoms with van der Waals surface area (Å²) in [5.74, 6) is 2.79. The fourth-order valence-electron chi connectivity index (χ4n) is 1.79. The topological polar surface area (TPSA) is 34.4 Å². The molecule has 1 fully saturated rings. The molecule has 102 valence electrons. The van der Waals surface area contributed by atoms with E-state index in [2.05, 4.69) is 32.2 Å². The number of furan rings is 1. The molecule has 1 aromatic rings. The van der Waals surface area contributed by atoms with Crippen LogP contribution in [-0.2, 0) is 17.9 Å². The first-order valence-corrected chi connectivity index (χ1v) is 6.85. The van der Waals surface area contributed by atoms with Crippen LogP contribution in [0.2, 0.25) is 0 Å². The van der Waals surface area contributed by atoms with Gasteiger partial charge in [0.2, 0.25) is 0 Å². The second-order valence-corrected chi connectivity index (χ2v) is 6.36. The number of rotatable bonds is 6. The van der Waals surface area contributed by atoms with Crippen molar-refractivity contribution in [2.24, 2.45) is 5.92 Å². The lowest BCUT2D eigenvalue weighted by Crippen LogP contribution is -2.34. The smallest absolute Gasteiger partial charge is 0.118 e. The van der Waals surface area contributed by atoms with Crippen molar-refractivity contribution in [3.05, 3.63) is 23.2 Å². The number of aryl methyl sites for hydroxylation is 1. The van der Waals surface area contributed by atoms with Gasteiger partial charge < -0.3 is 14.5 Å². The van der Waals surface area contributed by atoms with Crippen molar-refractivity contribution in [3.8, 4) is 0 Å². The number of ether oxygens (including phenoxy) is 1. The molecule has 3 heteroatoms. The zero-order chi connectivity index (χ0) is 13.2. The lowest BCUT2D eigenvalue weighted by Gasteiger charge is -2.19. The van der Waals surface area contributed by atoms with Crippen LogP contribution in [0.5, 0.6) is 0 Å². The molecule has 1 heterocycles. The van der Waals surface area contributed by atoms with Crippen LogP contribution < -0.4 is 5.32 Å². The second kappa shape index (κ2) is 5.45. The summed E-state index contributed by atoms with van der Waals surface area (Å²) in [6.45, 7) is 10.8. The molecule has 0 saturated heterocycles. The monoisotopic (exact) mass is 251 g/mol. The first-order valence-electron chi connectivity index (χ1n) is 6.85. The summed E-state index contributed by atoms with van der Waals surface area (Å²) in [5.41, 5.74) is 1.30. The van der Waals surface area contributed by atoms with E-state index in [1.165, 1.54) is 18.4 Å². The van der Waals surface area contributed by atoms with Crippen LogP contribution in [0.25, 0.3) is 0 Å². The Kier molecular flexibility index (Phi) is 4.13. The Hall–Kier alpha value is -0.800. The lowest BCUT2D eigenvalue weighted by molar-refractivity contribution is 0.110. The van der Waals surface area contributed by atoms with Gasteiger partial charge in [0.15, 0.2) is 0 Å². The Morgan fingerprint density at radius 1 is 1.39 bits per heavy atom. The van der Waals surface area contributed by atoms with Gasteiger partial charge in [-0.25, -0.2) is 0 Å². The third-order valence-corrected chi connectivity index (χ3v) is 3.17. The number of hydrogen-bond donors (Lipinski definition) is 1. The molecule has 3 nitrogen and oxygen atoms in total. The number of nitrogens with one attached hydrogen (secondary N) is 1. The van der Waals surface area contributed by atoms with Gasteiger partial charge in [-0.1, -0.05) is 0 Å². The van der Waals surface area contributed by atoms with Crippen molar-refractivity contribution in [2.75, 3.05) is 6.61 Å². The average Bonchev–Trinajstić information content (AvgIpc) is 3.00. The summed E-state index contributed by atoms with van der Waals surface area (Å²) >= 11 is 0. The summed E-state index contributed by atoms with van der Waals surface area (Å²) in [4.78, 5) is 0. The highest BCUT2D eigenvalue weighted by Gasteiger charge is 2.21. The Morgan fingerprint density at radius 3 is 2.72 bits per heavy atom. The van der Waals surface area contributed by atoms with E-state index < -0.39 is 0 Å². The molecule has 1 aliphatic carbocycles. The zero-order valence-electron chi connectivity index (χ0n) is 12.0. The molecule has 0 unspecified atom stereocenters. The van der Waals surface area contributed by atoms with Crippen LogP contribution in [0, 0.1) is 12.8 Å². The summed E-state index contributed by atoms with van der Waals surface area (Å²) in [6.07, 6.45) is 2.68. The highest BCUT2D eigenvalue weighted by Crippen LogP contribution is 2.29. The Morgan fingerprint density at radius 2 is 2.11 bits per heavy atom. The molecule has 2 rings (SSSR count). The minimum atomic E-state index is 0.114. The number of hydrogen-bond acceptors (Lipinski definition) is 3. The molecule has 0 amide bonds. The lowest BCUT2D eigenvalue weighted by atomic mass is 10.1. The zero-order valence-corrected chi connectivity index (χ0v) is 12.0. The van der Waals surface area contributed by atoms with Crippen molar-refractivity contribution < 1.29 is 9.15 Å². The average molecular weight is 251 g/mol. The van der Waals surface area contributed by atoms with Crippen LogP contribution in [0.4, 0.5) is 0 Å². The molecule has 18 heavy (non-hydrogen) atoms. The summed E-state index contributed by atoms with van der Waals surface area (Å²) < 4.78 is 11.4. The summed E-state index contributed by atoms with van der Waals surface area (Å²) in [5, 5.41) is 3.43. The van der Waals surface area contributed by atoms with Gasteiger partial charge in [0, 0.05) is 17.7 Å². The van der Waals surface area contributed by atoms with Gasteiger partial charge in [-0.15, -0.1) is 0 Å². The van der Waals surface area contributed by atoms with Crippen molar-refractivity contribution in [1.82, 2.24) is 5.32 Å². The van der Waals surface area contributed by atoms with E-state index in [0.717, 1.165) is 30.6 Å². The van der Waals surface area contributed by atoms with Gasteiger partial charge in [-0.05, 0) is 52.5 Å². The Labute approximate surface area is 110 Å². The maximum atomic E-state index is 5.74. The SMILES string of the molecule is Cc1oc(CNC(C)(C)C)cc1COCC1CC1. The van der Waals surface area contributed by atoms with Crippen LogP contribution >= 0.6 is 0 Å². The van der Waals surface area contributed by atoms with E-state index in [-0.39, 0.29) is 5.54 Å². The minimum absolute atomic E-state index is 0.114. The van der Waals surface area contributed by atoms with Crippen molar-refractivity contribution in [3.63, 3.8) is 0 Å². The van der Waals surface area contributed by atoms with Crippen LogP contribution in [0.1, 0.15) is 50.7 Å². The first-order chi connectivity index (χ1) is 8.44. The van der Waals surface area contributed by atoms with Gasteiger partial charge in [0.25, 0.3) is 0 Å². The van der Waals surface area contributed by atoms with Crippen molar-refractivity contribution in [2.45, 2.75) is 59.2 Å². The maximum absolute atomic E-state index is 5.74. The second-order valence-electron chi connectivity index (χ2n) is 6.36. The van der Waals surface area contributed by atoms with Gasteiger partial charge in [0.05, 0.1) is 13.2 Å². The van der Waals surface area contributed by atoms with Gasteiger partial charge in [-0.3, -0.25) is 0 Å². The molecule has 1 aliphatic rings.